The molecule has 0 spiro atoms. The molecule has 0 saturated heterocycles. The Balaban J connectivity index is 1.92. The monoisotopic (exact) mass is 363 g/mol. The summed E-state index contributed by atoms with van der Waals surface area (Å²) < 4.78 is 1.92. The van der Waals surface area contributed by atoms with Gasteiger partial charge in [-0.2, -0.15) is 0 Å². The van der Waals surface area contributed by atoms with Crippen molar-refractivity contribution in [3.63, 3.8) is 0 Å². The Labute approximate surface area is 154 Å². The number of nitrogens with one attached hydrogen (secondary N) is 1. The largest absolute Gasteiger partial charge is 0.351 e. The molecule has 0 aliphatic heterocycles. The molecule has 2 aromatic heterocycles. The molecule has 128 valence electrons. The number of imidazole rings is 1. The van der Waals surface area contributed by atoms with Gasteiger partial charge in [0.15, 0.2) is 0 Å². The molecule has 3 N–H and O–H groups in total. The Kier molecular flexibility index (Phi) is 4.02. The van der Waals surface area contributed by atoms with Crippen LogP contribution in [0.15, 0.2) is 67.3 Å². The molecule has 2 amide bonds. The Bertz CT molecular complexity index is 1110. The third kappa shape index (κ3) is 3.10. The number of carbonyl (C=O) groups is 1. The SMILES string of the molecule is NC(=O)Nc1cccc(-c2cc(-n3ccnc3)c3ccc(Cl)cc3n2)c1. The maximum absolute atomic E-state index is 11.1. The van der Waals surface area contributed by atoms with Gasteiger partial charge in [0.2, 0.25) is 0 Å². The van der Waals surface area contributed by atoms with E-state index in [9.17, 15) is 4.79 Å². The van der Waals surface area contributed by atoms with E-state index in [0.717, 1.165) is 27.8 Å². The van der Waals surface area contributed by atoms with Gasteiger partial charge in [-0.1, -0.05) is 23.7 Å². The second kappa shape index (κ2) is 6.50. The van der Waals surface area contributed by atoms with Gasteiger partial charge in [-0.25, -0.2) is 14.8 Å². The predicted molar refractivity (Wildman–Crippen MR) is 103 cm³/mol. The molecule has 0 unspecified atom stereocenters. The maximum atomic E-state index is 11.1. The zero-order valence-electron chi connectivity index (χ0n) is 13.6. The van der Waals surface area contributed by atoms with Crippen molar-refractivity contribution in [3.8, 4) is 16.9 Å². The van der Waals surface area contributed by atoms with E-state index >= 15 is 0 Å². The maximum Gasteiger partial charge on any atom is 0.316 e. The van der Waals surface area contributed by atoms with Crippen LogP contribution >= 0.6 is 11.6 Å². The van der Waals surface area contributed by atoms with Crippen LogP contribution in [0.4, 0.5) is 10.5 Å². The second-order valence-corrected chi connectivity index (χ2v) is 6.16. The van der Waals surface area contributed by atoms with Crippen molar-refractivity contribution in [2.45, 2.75) is 0 Å². The number of urea groups is 1. The van der Waals surface area contributed by atoms with E-state index in [4.69, 9.17) is 22.3 Å². The van der Waals surface area contributed by atoms with Crippen molar-refractivity contribution in [2.24, 2.45) is 5.73 Å². The molecule has 4 rings (SSSR count). The van der Waals surface area contributed by atoms with Crippen LogP contribution in [0.1, 0.15) is 0 Å². The molecular weight excluding hydrogens is 350 g/mol. The summed E-state index contributed by atoms with van der Waals surface area (Å²) >= 11 is 6.16. The highest BCUT2D eigenvalue weighted by atomic mass is 35.5. The highest BCUT2D eigenvalue weighted by Gasteiger charge is 2.10. The van der Waals surface area contributed by atoms with Gasteiger partial charge in [0.25, 0.3) is 0 Å². The Morgan fingerprint density at radius 1 is 1.15 bits per heavy atom. The van der Waals surface area contributed by atoms with Gasteiger partial charge < -0.3 is 15.6 Å². The Morgan fingerprint density at radius 3 is 2.81 bits per heavy atom. The average Bonchev–Trinajstić information content (AvgIpc) is 3.14. The predicted octanol–water partition coefficient (Wildman–Crippen LogP) is 4.23. The van der Waals surface area contributed by atoms with Crippen molar-refractivity contribution >= 4 is 34.2 Å². The Morgan fingerprint density at radius 2 is 2.04 bits per heavy atom. The number of primary amides is 1. The molecule has 0 aliphatic rings. The number of nitrogens with two attached hydrogens (primary N) is 1. The molecule has 2 heterocycles. The third-order valence-electron chi connectivity index (χ3n) is 3.96. The van der Waals surface area contributed by atoms with Crippen molar-refractivity contribution in [2.75, 3.05) is 5.32 Å². The summed E-state index contributed by atoms with van der Waals surface area (Å²) in [5.74, 6) is 0. The van der Waals surface area contributed by atoms with Crippen molar-refractivity contribution in [1.29, 1.82) is 0 Å². The van der Waals surface area contributed by atoms with Crippen LogP contribution in [0.25, 0.3) is 27.8 Å². The molecule has 4 aromatic rings. The molecule has 0 atom stereocenters. The van der Waals surface area contributed by atoms with E-state index in [1.54, 1.807) is 18.6 Å². The molecule has 0 fully saturated rings. The highest BCUT2D eigenvalue weighted by molar-refractivity contribution is 6.31. The first-order valence-electron chi connectivity index (χ1n) is 7.86. The lowest BCUT2D eigenvalue weighted by Gasteiger charge is -2.12. The minimum Gasteiger partial charge on any atom is -0.351 e. The lowest BCUT2D eigenvalue weighted by atomic mass is 10.1. The summed E-state index contributed by atoms with van der Waals surface area (Å²) in [6, 6.07) is 14.3. The van der Waals surface area contributed by atoms with Crippen molar-refractivity contribution in [1.82, 2.24) is 14.5 Å². The minimum absolute atomic E-state index is 0.604. The quantitative estimate of drug-likeness (QED) is 0.571. The number of amides is 2. The number of aromatic nitrogens is 3. The van der Waals surface area contributed by atoms with Crippen LogP contribution in [0.2, 0.25) is 5.02 Å². The van der Waals surface area contributed by atoms with Crippen molar-refractivity contribution in [3.05, 3.63) is 72.3 Å². The van der Waals surface area contributed by atoms with Gasteiger partial charge in [0, 0.05) is 34.1 Å². The van der Waals surface area contributed by atoms with Gasteiger partial charge in [-0.05, 0) is 36.4 Å². The molecule has 0 bridgehead atoms. The average molecular weight is 364 g/mol. The number of pyridine rings is 1. The van der Waals surface area contributed by atoms with Crippen LogP contribution in [0, 0.1) is 0 Å². The van der Waals surface area contributed by atoms with E-state index in [0.29, 0.717) is 10.7 Å². The number of rotatable bonds is 3. The van der Waals surface area contributed by atoms with Crippen LogP contribution in [0.5, 0.6) is 0 Å². The number of hydrogen-bond acceptors (Lipinski definition) is 3. The number of halogens is 1. The fourth-order valence-corrected chi connectivity index (χ4v) is 3.01. The molecule has 0 saturated carbocycles. The van der Waals surface area contributed by atoms with Gasteiger partial charge in [-0.3, -0.25) is 0 Å². The fourth-order valence-electron chi connectivity index (χ4n) is 2.84. The zero-order valence-corrected chi connectivity index (χ0v) is 14.3. The first-order chi connectivity index (χ1) is 12.6. The first kappa shape index (κ1) is 16.1. The normalized spacial score (nSPS) is 10.8. The van der Waals surface area contributed by atoms with E-state index < -0.39 is 6.03 Å². The van der Waals surface area contributed by atoms with Gasteiger partial charge in [0.05, 0.1) is 23.2 Å². The van der Waals surface area contributed by atoms with E-state index in [1.165, 1.54) is 0 Å². The van der Waals surface area contributed by atoms with Gasteiger partial charge >= 0.3 is 6.03 Å². The summed E-state index contributed by atoms with van der Waals surface area (Å²) in [4.78, 5) is 20.0. The summed E-state index contributed by atoms with van der Waals surface area (Å²) in [5, 5.41) is 4.15. The van der Waals surface area contributed by atoms with E-state index in [-0.39, 0.29) is 0 Å². The summed E-state index contributed by atoms with van der Waals surface area (Å²) in [7, 11) is 0. The van der Waals surface area contributed by atoms with Crippen molar-refractivity contribution < 1.29 is 4.79 Å². The number of carbonyl (C=O) groups excluding carboxylic acids is 1. The van der Waals surface area contributed by atoms with Crippen LogP contribution < -0.4 is 11.1 Å². The first-order valence-corrected chi connectivity index (χ1v) is 8.23. The molecule has 26 heavy (non-hydrogen) atoms. The second-order valence-electron chi connectivity index (χ2n) is 5.73. The standard InChI is InChI=1S/C19H14ClN5O/c20-13-4-5-15-17(9-13)24-16(10-18(15)25-7-6-22-11-25)12-2-1-3-14(8-12)23-19(21)26/h1-11H,(H3,21,23,26). The topological polar surface area (TPSA) is 85.8 Å². The molecule has 0 radical (unpaired) electrons. The van der Waals surface area contributed by atoms with Gasteiger partial charge in [0.1, 0.15) is 0 Å². The number of hydrogen-bond donors (Lipinski definition) is 2. The van der Waals surface area contributed by atoms with Crippen LogP contribution in [0.3, 0.4) is 0 Å². The molecule has 7 heteroatoms. The van der Waals surface area contributed by atoms with E-state index in [2.05, 4.69) is 10.3 Å². The highest BCUT2D eigenvalue weighted by Crippen LogP contribution is 2.30. The lowest BCUT2D eigenvalue weighted by Crippen LogP contribution is -2.19. The fraction of sp³-hybridized carbons (Fsp3) is 0. The van der Waals surface area contributed by atoms with Crippen LogP contribution in [-0.4, -0.2) is 20.6 Å². The summed E-state index contributed by atoms with van der Waals surface area (Å²) in [6.45, 7) is 0. The number of anilines is 1. The lowest BCUT2D eigenvalue weighted by molar-refractivity contribution is 0.259. The summed E-state index contributed by atoms with van der Waals surface area (Å²) in [6.07, 6.45) is 5.33. The third-order valence-corrected chi connectivity index (χ3v) is 4.19. The number of nitrogens with zero attached hydrogens (tertiary/aromatic N) is 3. The smallest absolute Gasteiger partial charge is 0.316 e. The van der Waals surface area contributed by atoms with E-state index in [1.807, 2.05) is 53.2 Å². The summed E-state index contributed by atoms with van der Waals surface area (Å²) in [5.41, 5.74) is 9.11. The zero-order chi connectivity index (χ0) is 18.1. The Hall–Kier alpha value is -3.38. The number of benzene rings is 2. The minimum atomic E-state index is -0.612. The molecule has 0 aliphatic carbocycles. The molecule has 6 nitrogen and oxygen atoms in total. The van der Waals surface area contributed by atoms with Crippen LogP contribution in [-0.2, 0) is 0 Å². The molecular formula is C19H14ClN5O. The number of fused-ring (bicyclic) bond motifs is 1. The van der Waals surface area contributed by atoms with Gasteiger partial charge in [-0.15, -0.1) is 0 Å². The molecule has 2 aromatic carbocycles.